The summed E-state index contributed by atoms with van der Waals surface area (Å²) in [5, 5.41) is 16.8. The molecule has 0 bridgehead atoms. The van der Waals surface area contributed by atoms with Crippen molar-refractivity contribution in [2.24, 2.45) is 7.05 Å². The molecule has 0 atom stereocenters. The van der Waals surface area contributed by atoms with Gasteiger partial charge in [0.2, 0.25) is 0 Å². The Kier molecular flexibility index (Phi) is 2.05. The van der Waals surface area contributed by atoms with Gasteiger partial charge in [0.25, 0.3) is 0 Å². The molecule has 0 aliphatic rings. The second-order valence-corrected chi connectivity index (χ2v) is 3.67. The lowest BCUT2D eigenvalue weighted by Gasteiger charge is -1.98. The topological polar surface area (TPSA) is 50.9 Å². The van der Waals surface area contributed by atoms with Gasteiger partial charge < -0.3 is 5.11 Å². The third-order valence-electron chi connectivity index (χ3n) is 1.91. The number of halogens is 1. The van der Waals surface area contributed by atoms with Crippen molar-refractivity contribution in [3.8, 4) is 0 Å². The third kappa shape index (κ3) is 1.34. The molecule has 4 nitrogen and oxygen atoms in total. The highest BCUT2D eigenvalue weighted by Crippen LogP contribution is 2.23. The zero-order valence-corrected chi connectivity index (χ0v) is 8.61. The molecule has 0 fully saturated rings. The summed E-state index contributed by atoms with van der Waals surface area (Å²) >= 11 is 3.37. The zero-order chi connectivity index (χ0) is 9.42. The van der Waals surface area contributed by atoms with Gasteiger partial charge >= 0.3 is 0 Å². The van der Waals surface area contributed by atoms with Gasteiger partial charge in [-0.1, -0.05) is 5.21 Å². The van der Waals surface area contributed by atoms with Gasteiger partial charge in [-0.3, -0.25) is 0 Å². The number of nitrogens with zero attached hydrogens (tertiary/aromatic N) is 3. The number of aliphatic hydroxyl groups excluding tert-OH is 1. The first-order valence-corrected chi connectivity index (χ1v) is 4.60. The monoisotopic (exact) mass is 241 g/mol. The molecule has 68 valence electrons. The second-order valence-electron chi connectivity index (χ2n) is 2.82. The summed E-state index contributed by atoms with van der Waals surface area (Å²) in [4.78, 5) is 0. The molecule has 1 aromatic carbocycles. The fourth-order valence-electron chi connectivity index (χ4n) is 1.24. The molecule has 0 saturated carbocycles. The van der Waals surface area contributed by atoms with E-state index in [-0.39, 0.29) is 6.61 Å². The van der Waals surface area contributed by atoms with E-state index in [4.69, 9.17) is 5.11 Å². The van der Waals surface area contributed by atoms with Gasteiger partial charge in [0.15, 0.2) is 0 Å². The summed E-state index contributed by atoms with van der Waals surface area (Å²) in [5.41, 5.74) is 2.59. The van der Waals surface area contributed by atoms with Crippen LogP contribution in [-0.4, -0.2) is 20.1 Å². The maximum Gasteiger partial charge on any atom is 0.127 e. The summed E-state index contributed by atoms with van der Waals surface area (Å²) in [7, 11) is 1.82. The Labute approximate surface area is 83.3 Å². The molecular weight excluding hydrogens is 234 g/mol. The van der Waals surface area contributed by atoms with Crippen LogP contribution in [-0.2, 0) is 13.7 Å². The molecule has 2 aromatic rings. The number of aryl methyl sites for hydroxylation is 1. The van der Waals surface area contributed by atoms with Crippen LogP contribution in [0.2, 0.25) is 0 Å². The summed E-state index contributed by atoms with van der Waals surface area (Å²) in [5.74, 6) is 0. The molecule has 0 amide bonds. The minimum atomic E-state index is 0.0275. The molecule has 1 N–H and O–H groups in total. The normalized spacial score (nSPS) is 11.0. The average molecular weight is 242 g/mol. The highest BCUT2D eigenvalue weighted by Gasteiger charge is 2.06. The van der Waals surface area contributed by atoms with Crippen LogP contribution in [0.5, 0.6) is 0 Å². The van der Waals surface area contributed by atoms with Crippen molar-refractivity contribution in [2.45, 2.75) is 6.61 Å². The molecule has 0 unspecified atom stereocenters. The SMILES string of the molecule is Cn1nnc2c(Br)cc(CO)cc21. The number of aromatic nitrogens is 3. The largest absolute Gasteiger partial charge is 0.392 e. The molecule has 2 rings (SSSR count). The van der Waals surface area contributed by atoms with Crippen molar-refractivity contribution in [3.05, 3.63) is 22.2 Å². The van der Waals surface area contributed by atoms with E-state index in [1.54, 1.807) is 4.68 Å². The Hall–Kier alpha value is -0.940. The summed E-state index contributed by atoms with van der Waals surface area (Å²) < 4.78 is 2.54. The smallest absolute Gasteiger partial charge is 0.127 e. The van der Waals surface area contributed by atoms with Gasteiger partial charge in [0.1, 0.15) is 5.52 Å². The third-order valence-corrected chi connectivity index (χ3v) is 2.52. The molecule has 0 aliphatic heterocycles. The lowest BCUT2D eigenvalue weighted by Crippen LogP contribution is -1.91. The maximum absolute atomic E-state index is 8.98. The minimum absolute atomic E-state index is 0.0275. The lowest BCUT2D eigenvalue weighted by atomic mass is 10.2. The zero-order valence-electron chi connectivity index (χ0n) is 7.03. The van der Waals surface area contributed by atoms with Crippen LogP contribution in [0.4, 0.5) is 0 Å². The van der Waals surface area contributed by atoms with Gasteiger partial charge in [0, 0.05) is 11.5 Å². The molecular formula is C8H8BrN3O. The summed E-state index contributed by atoms with van der Waals surface area (Å²) in [6.45, 7) is 0.0275. The Morgan fingerprint density at radius 3 is 3.00 bits per heavy atom. The number of fused-ring (bicyclic) bond motifs is 1. The van der Waals surface area contributed by atoms with Crippen molar-refractivity contribution in [1.82, 2.24) is 15.0 Å². The first-order chi connectivity index (χ1) is 6.22. The number of rotatable bonds is 1. The first-order valence-electron chi connectivity index (χ1n) is 3.81. The van der Waals surface area contributed by atoms with E-state index in [1.165, 1.54) is 0 Å². The minimum Gasteiger partial charge on any atom is -0.392 e. The summed E-state index contributed by atoms with van der Waals surface area (Å²) in [6, 6.07) is 3.72. The Balaban J connectivity index is 2.80. The van der Waals surface area contributed by atoms with E-state index in [0.29, 0.717) is 0 Å². The fourth-order valence-corrected chi connectivity index (χ4v) is 1.81. The second kappa shape index (κ2) is 3.08. The first kappa shape index (κ1) is 8.65. The number of benzene rings is 1. The molecule has 0 saturated heterocycles. The summed E-state index contributed by atoms with van der Waals surface area (Å²) in [6.07, 6.45) is 0. The highest BCUT2D eigenvalue weighted by atomic mass is 79.9. The van der Waals surface area contributed by atoms with E-state index in [2.05, 4.69) is 26.2 Å². The van der Waals surface area contributed by atoms with Crippen LogP contribution in [0.3, 0.4) is 0 Å². The van der Waals surface area contributed by atoms with Crippen molar-refractivity contribution < 1.29 is 5.11 Å². The van der Waals surface area contributed by atoms with E-state index in [1.807, 2.05) is 19.2 Å². The quantitative estimate of drug-likeness (QED) is 0.818. The van der Waals surface area contributed by atoms with Gasteiger partial charge in [-0.25, -0.2) is 4.68 Å². The van der Waals surface area contributed by atoms with Crippen LogP contribution in [0.15, 0.2) is 16.6 Å². The molecule has 0 radical (unpaired) electrons. The Morgan fingerprint density at radius 1 is 1.54 bits per heavy atom. The Bertz CT molecular complexity index is 452. The van der Waals surface area contributed by atoms with Gasteiger partial charge in [0.05, 0.1) is 12.1 Å². The average Bonchev–Trinajstić information content (AvgIpc) is 2.48. The van der Waals surface area contributed by atoms with E-state index >= 15 is 0 Å². The van der Waals surface area contributed by atoms with Crippen molar-refractivity contribution in [3.63, 3.8) is 0 Å². The van der Waals surface area contributed by atoms with Gasteiger partial charge in [-0.2, -0.15) is 0 Å². The van der Waals surface area contributed by atoms with Crippen molar-refractivity contribution in [1.29, 1.82) is 0 Å². The van der Waals surface area contributed by atoms with E-state index < -0.39 is 0 Å². The van der Waals surface area contributed by atoms with Gasteiger partial charge in [-0.15, -0.1) is 5.10 Å². The van der Waals surface area contributed by atoms with Gasteiger partial charge in [-0.05, 0) is 33.6 Å². The predicted molar refractivity (Wildman–Crippen MR) is 52.1 cm³/mol. The molecule has 1 aromatic heterocycles. The predicted octanol–water partition coefficient (Wildman–Crippen LogP) is 1.22. The Morgan fingerprint density at radius 2 is 2.31 bits per heavy atom. The van der Waals surface area contributed by atoms with Crippen molar-refractivity contribution in [2.75, 3.05) is 0 Å². The van der Waals surface area contributed by atoms with E-state index in [9.17, 15) is 0 Å². The van der Waals surface area contributed by atoms with Crippen LogP contribution in [0, 0.1) is 0 Å². The maximum atomic E-state index is 8.98. The van der Waals surface area contributed by atoms with Crippen LogP contribution in [0.1, 0.15) is 5.56 Å². The van der Waals surface area contributed by atoms with E-state index in [0.717, 1.165) is 21.1 Å². The lowest BCUT2D eigenvalue weighted by molar-refractivity contribution is 0.282. The molecule has 13 heavy (non-hydrogen) atoms. The van der Waals surface area contributed by atoms with Crippen LogP contribution in [0.25, 0.3) is 11.0 Å². The van der Waals surface area contributed by atoms with Crippen LogP contribution >= 0.6 is 15.9 Å². The van der Waals surface area contributed by atoms with Crippen molar-refractivity contribution >= 4 is 27.0 Å². The molecule has 0 aliphatic carbocycles. The fraction of sp³-hybridized carbons (Fsp3) is 0.250. The highest BCUT2D eigenvalue weighted by molar-refractivity contribution is 9.10. The number of hydrogen-bond acceptors (Lipinski definition) is 3. The number of aliphatic hydroxyl groups is 1. The van der Waals surface area contributed by atoms with Crippen LogP contribution < -0.4 is 0 Å². The standard InChI is InChI=1S/C8H8BrN3O/c1-12-7-3-5(4-13)2-6(9)8(7)10-11-12/h2-3,13H,4H2,1H3. The molecule has 0 spiro atoms. The molecule has 5 heteroatoms. The number of hydrogen-bond donors (Lipinski definition) is 1. The molecule has 1 heterocycles.